The highest BCUT2D eigenvalue weighted by Crippen LogP contribution is 2.17. The predicted octanol–water partition coefficient (Wildman–Crippen LogP) is 1.03. The van der Waals surface area contributed by atoms with E-state index in [4.69, 9.17) is 5.73 Å². The van der Waals surface area contributed by atoms with Crippen LogP contribution in [0.3, 0.4) is 0 Å². The average molecular weight is 180 g/mol. The predicted molar refractivity (Wildman–Crippen MR) is 49.2 cm³/mol. The van der Waals surface area contributed by atoms with Gasteiger partial charge in [-0.1, -0.05) is 11.8 Å². The van der Waals surface area contributed by atoms with E-state index in [-0.39, 0.29) is 0 Å². The van der Waals surface area contributed by atoms with Crippen LogP contribution in [0.15, 0.2) is 23.7 Å². The number of nitrogen functional groups attached to an aromatic ring is 1. The summed E-state index contributed by atoms with van der Waals surface area (Å²) in [7, 11) is 0. The maximum Gasteiger partial charge on any atom is 0.172 e. The number of imidazole rings is 1. The second kappa shape index (κ2) is 2.67. The van der Waals surface area contributed by atoms with Crippen molar-refractivity contribution >= 4 is 23.1 Å². The molecule has 0 aromatic carbocycles. The largest absolute Gasteiger partial charge is 0.382 e. The van der Waals surface area contributed by atoms with Crippen molar-refractivity contribution < 1.29 is 0 Å². The molecule has 12 heavy (non-hydrogen) atoms. The first-order valence-corrected chi connectivity index (χ1v) is 4.67. The zero-order valence-electron chi connectivity index (χ0n) is 6.56. The highest BCUT2D eigenvalue weighted by atomic mass is 32.2. The van der Waals surface area contributed by atoms with E-state index in [1.807, 2.05) is 16.9 Å². The van der Waals surface area contributed by atoms with Crippen LogP contribution in [-0.2, 0) is 0 Å². The van der Waals surface area contributed by atoms with Gasteiger partial charge in [-0.25, -0.2) is 9.97 Å². The molecule has 0 aliphatic heterocycles. The number of thioether (sulfide) groups is 1. The number of nitrogens with two attached hydrogens (primary N) is 1. The molecule has 2 rings (SSSR count). The summed E-state index contributed by atoms with van der Waals surface area (Å²) >= 11 is 1.58. The van der Waals surface area contributed by atoms with Crippen LogP contribution >= 0.6 is 11.8 Å². The minimum atomic E-state index is 0.519. The Hall–Kier alpha value is -1.23. The molecule has 5 heteroatoms. The van der Waals surface area contributed by atoms with Crippen LogP contribution in [0, 0.1) is 0 Å². The van der Waals surface area contributed by atoms with Crippen LogP contribution in [0.4, 0.5) is 5.82 Å². The van der Waals surface area contributed by atoms with Crippen LogP contribution in [-0.4, -0.2) is 20.6 Å². The van der Waals surface area contributed by atoms with Gasteiger partial charge in [-0.3, -0.25) is 4.40 Å². The van der Waals surface area contributed by atoms with Crippen molar-refractivity contribution in [2.45, 2.75) is 5.16 Å². The Bertz CT molecular complexity index is 409. The van der Waals surface area contributed by atoms with E-state index in [0.717, 1.165) is 10.7 Å². The first-order valence-electron chi connectivity index (χ1n) is 3.44. The number of anilines is 1. The maximum absolute atomic E-state index is 5.64. The Labute approximate surface area is 73.8 Å². The summed E-state index contributed by atoms with van der Waals surface area (Å²) in [5.74, 6) is 0.519. The molecule has 4 nitrogen and oxygen atoms in total. The highest BCUT2D eigenvalue weighted by Gasteiger charge is 2.03. The van der Waals surface area contributed by atoms with Crippen molar-refractivity contribution in [3.63, 3.8) is 0 Å². The number of fused-ring (bicyclic) bond motifs is 1. The quantitative estimate of drug-likeness (QED) is 0.666. The van der Waals surface area contributed by atoms with Crippen LogP contribution in [0.1, 0.15) is 0 Å². The highest BCUT2D eigenvalue weighted by molar-refractivity contribution is 7.98. The normalized spacial score (nSPS) is 10.8. The van der Waals surface area contributed by atoms with Crippen LogP contribution in [0.2, 0.25) is 0 Å². The van der Waals surface area contributed by atoms with Gasteiger partial charge in [0.05, 0.1) is 6.20 Å². The fourth-order valence-corrected chi connectivity index (χ4v) is 1.59. The standard InChI is InChI=1S/C7H8N4S/c1-12-7-10-4-5-6(8)9-2-3-11(5)7/h2-4H,1H3,(H2,8,9). The van der Waals surface area contributed by atoms with E-state index in [0.29, 0.717) is 5.82 Å². The molecule has 62 valence electrons. The summed E-state index contributed by atoms with van der Waals surface area (Å²) in [6.07, 6.45) is 7.23. The Morgan fingerprint density at radius 3 is 3.08 bits per heavy atom. The van der Waals surface area contributed by atoms with E-state index in [1.54, 1.807) is 24.2 Å². The van der Waals surface area contributed by atoms with E-state index in [1.165, 1.54) is 0 Å². The molecule has 0 bridgehead atoms. The number of nitrogens with zero attached hydrogens (tertiary/aromatic N) is 3. The van der Waals surface area contributed by atoms with Gasteiger partial charge >= 0.3 is 0 Å². The number of aromatic nitrogens is 3. The third-order valence-electron chi connectivity index (χ3n) is 1.64. The molecular formula is C7H8N4S. The maximum atomic E-state index is 5.64. The third kappa shape index (κ3) is 0.937. The van der Waals surface area contributed by atoms with Crippen molar-refractivity contribution in [1.82, 2.24) is 14.4 Å². The lowest BCUT2D eigenvalue weighted by Crippen LogP contribution is -1.94. The molecule has 0 unspecified atom stereocenters. The zero-order valence-corrected chi connectivity index (χ0v) is 7.38. The van der Waals surface area contributed by atoms with E-state index in [2.05, 4.69) is 9.97 Å². The Balaban J connectivity index is 2.80. The third-order valence-corrected chi connectivity index (χ3v) is 2.30. The first-order chi connectivity index (χ1) is 5.83. The van der Waals surface area contributed by atoms with Crippen molar-refractivity contribution in [3.8, 4) is 0 Å². The molecule has 0 saturated carbocycles. The van der Waals surface area contributed by atoms with E-state index >= 15 is 0 Å². The summed E-state index contributed by atoms with van der Waals surface area (Å²) in [5, 5.41) is 0.930. The lowest BCUT2D eigenvalue weighted by molar-refractivity contribution is 0.952. The lowest BCUT2D eigenvalue weighted by Gasteiger charge is -1.97. The van der Waals surface area contributed by atoms with Crippen molar-refractivity contribution in [3.05, 3.63) is 18.6 Å². The molecule has 0 amide bonds. The monoisotopic (exact) mass is 180 g/mol. The molecule has 0 radical (unpaired) electrons. The van der Waals surface area contributed by atoms with Gasteiger partial charge < -0.3 is 5.73 Å². The van der Waals surface area contributed by atoms with Gasteiger partial charge in [0.15, 0.2) is 5.16 Å². The molecule has 0 aliphatic rings. The molecule has 0 fully saturated rings. The summed E-state index contributed by atoms with van der Waals surface area (Å²) < 4.78 is 1.92. The summed E-state index contributed by atoms with van der Waals surface area (Å²) in [4.78, 5) is 8.14. The van der Waals surface area contributed by atoms with Crippen molar-refractivity contribution in [2.75, 3.05) is 12.0 Å². The first kappa shape index (κ1) is 7.42. The molecule has 2 heterocycles. The lowest BCUT2D eigenvalue weighted by atomic mass is 10.5. The fourth-order valence-electron chi connectivity index (χ4n) is 1.07. The van der Waals surface area contributed by atoms with Crippen LogP contribution in [0.25, 0.3) is 5.52 Å². The minimum absolute atomic E-state index is 0.519. The van der Waals surface area contributed by atoms with Gasteiger partial charge in [-0.05, 0) is 6.26 Å². The Morgan fingerprint density at radius 1 is 1.50 bits per heavy atom. The van der Waals surface area contributed by atoms with Gasteiger partial charge in [0.1, 0.15) is 11.3 Å². The van der Waals surface area contributed by atoms with Crippen molar-refractivity contribution in [1.29, 1.82) is 0 Å². The smallest absolute Gasteiger partial charge is 0.172 e. The van der Waals surface area contributed by atoms with Gasteiger partial charge in [-0.2, -0.15) is 0 Å². The molecule has 0 atom stereocenters. The molecular weight excluding hydrogens is 172 g/mol. The second-order valence-electron chi connectivity index (χ2n) is 2.31. The topological polar surface area (TPSA) is 56.2 Å². The van der Waals surface area contributed by atoms with Gasteiger partial charge in [0.2, 0.25) is 0 Å². The molecule has 2 N–H and O–H groups in total. The average Bonchev–Trinajstić information content (AvgIpc) is 2.49. The second-order valence-corrected chi connectivity index (χ2v) is 3.09. The van der Waals surface area contributed by atoms with Crippen LogP contribution < -0.4 is 5.73 Å². The summed E-state index contributed by atoms with van der Waals surface area (Å²) in [5.41, 5.74) is 6.51. The minimum Gasteiger partial charge on any atom is -0.382 e. The molecule has 0 spiro atoms. The molecule has 0 aliphatic carbocycles. The van der Waals surface area contributed by atoms with E-state index < -0.39 is 0 Å². The Kier molecular flexibility index (Phi) is 1.65. The van der Waals surface area contributed by atoms with Crippen molar-refractivity contribution in [2.24, 2.45) is 0 Å². The van der Waals surface area contributed by atoms with Gasteiger partial charge in [0.25, 0.3) is 0 Å². The van der Waals surface area contributed by atoms with Crippen LogP contribution in [0.5, 0.6) is 0 Å². The Morgan fingerprint density at radius 2 is 2.33 bits per heavy atom. The molecule has 2 aromatic heterocycles. The fraction of sp³-hybridized carbons (Fsp3) is 0.143. The van der Waals surface area contributed by atoms with Gasteiger partial charge in [-0.15, -0.1) is 0 Å². The van der Waals surface area contributed by atoms with E-state index in [9.17, 15) is 0 Å². The van der Waals surface area contributed by atoms with Gasteiger partial charge in [0, 0.05) is 12.4 Å². The number of rotatable bonds is 1. The number of hydrogen-bond donors (Lipinski definition) is 1. The SMILES string of the molecule is CSc1ncc2c(N)nccn12. The molecule has 2 aromatic rings. The number of hydrogen-bond acceptors (Lipinski definition) is 4. The summed E-state index contributed by atoms with van der Waals surface area (Å²) in [6, 6.07) is 0. The summed E-state index contributed by atoms with van der Waals surface area (Å²) in [6.45, 7) is 0. The zero-order chi connectivity index (χ0) is 8.55. The molecule has 0 saturated heterocycles.